The molecule has 96 valence electrons. The van der Waals surface area contributed by atoms with Crippen LogP contribution in [0, 0.1) is 0 Å². The average molecular weight is 261 g/mol. The second-order valence-electron chi connectivity index (χ2n) is 5.00. The Labute approximate surface area is 112 Å². The van der Waals surface area contributed by atoms with E-state index in [1.54, 1.807) is 11.3 Å². The Balaban J connectivity index is 2.54. The third-order valence-corrected chi connectivity index (χ3v) is 4.85. The third kappa shape index (κ3) is 1.98. The van der Waals surface area contributed by atoms with Crippen LogP contribution in [0.1, 0.15) is 30.6 Å². The molecule has 3 heteroatoms. The van der Waals surface area contributed by atoms with Crippen LogP contribution < -0.4 is 0 Å². The molecule has 0 saturated heterocycles. The molecule has 2 aromatic rings. The SMILES string of the molecule is CCC(C)(C(=O)c1cccc2ccsc12)N(C)C. The van der Waals surface area contributed by atoms with Gasteiger partial charge in [0, 0.05) is 10.3 Å². The highest BCUT2D eigenvalue weighted by Gasteiger charge is 2.35. The molecule has 0 spiro atoms. The Bertz CT molecular complexity index is 573. The van der Waals surface area contributed by atoms with Gasteiger partial charge >= 0.3 is 0 Å². The lowest BCUT2D eigenvalue weighted by atomic mass is 9.87. The molecule has 0 bridgehead atoms. The van der Waals surface area contributed by atoms with E-state index in [2.05, 4.69) is 19.1 Å². The number of fused-ring (bicyclic) bond motifs is 1. The Morgan fingerprint density at radius 3 is 2.67 bits per heavy atom. The second-order valence-corrected chi connectivity index (χ2v) is 5.91. The summed E-state index contributed by atoms with van der Waals surface area (Å²) >= 11 is 1.64. The lowest BCUT2D eigenvalue weighted by Crippen LogP contribution is -2.48. The summed E-state index contributed by atoms with van der Waals surface area (Å²) in [5, 5.41) is 3.20. The molecule has 2 nitrogen and oxygen atoms in total. The van der Waals surface area contributed by atoms with Crippen LogP contribution in [0.15, 0.2) is 29.6 Å². The Kier molecular flexibility index (Phi) is 3.55. The maximum absolute atomic E-state index is 12.8. The second kappa shape index (κ2) is 4.82. The smallest absolute Gasteiger partial charge is 0.184 e. The predicted molar refractivity (Wildman–Crippen MR) is 78.5 cm³/mol. The van der Waals surface area contributed by atoms with Crippen LogP contribution in [0.25, 0.3) is 10.1 Å². The van der Waals surface area contributed by atoms with Crippen LogP contribution in [0.5, 0.6) is 0 Å². The van der Waals surface area contributed by atoms with Crippen molar-refractivity contribution in [3.05, 3.63) is 35.2 Å². The number of benzene rings is 1. The van der Waals surface area contributed by atoms with E-state index in [4.69, 9.17) is 0 Å². The molecule has 0 aliphatic heterocycles. The zero-order valence-corrected chi connectivity index (χ0v) is 12.2. The van der Waals surface area contributed by atoms with E-state index in [0.717, 1.165) is 22.1 Å². The number of thiophene rings is 1. The minimum absolute atomic E-state index is 0.211. The fourth-order valence-electron chi connectivity index (χ4n) is 2.14. The summed E-state index contributed by atoms with van der Waals surface area (Å²) < 4.78 is 1.10. The van der Waals surface area contributed by atoms with Crippen molar-refractivity contribution in [2.24, 2.45) is 0 Å². The number of hydrogen-bond donors (Lipinski definition) is 0. The number of ketones is 1. The van der Waals surface area contributed by atoms with Crippen molar-refractivity contribution in [1.82, 2.24) is 4.90 Å². The molecular formula is C15H19NOS. The number of rotatable bonds is 4. The first kappa shape index (κ1) is 13.2. The van der Waals surface area contributed by atoms with E-state index < -0.39 is 5.54 Å². The van der Waals surface area contributed by atoms with E-state index in [9.17, 15) is 4.79 Å². The molecule has 0 aliphatic carbocycles. The molecule has 2 rings (SSSR count). The summed E-state index contributed by atoms with van der Waals surface area (Å²) in [4.78, 5) is 14.8. The number of Topliss-reactive ketones (excluding diaryl/α,β-unsaturated/α-hetero) is 1. The number of nitrogens with zero attached hydrogens (tertiary/aromatic N) is 1. The zero-order chi connectivity index (χ0) is 13.3. The van der Waals surface area contributed by atoms with Crippen molar-refractivity contribution in [1.29, 1.82) is 0 Å². The summed E-state index contributed by atoms with van der Waals surface area (Å²) in [5.74, 6) is 0.211. The molecule has 0 aliphatic rings. The molecule has 1 heterocycles. The van der Waals surface area contributed by atoms with Crippen molar-refractivity contribution in [2.45, 2.75) is 25.8 Å². The van der Waals surface area contributed by atoms with E-state index in [0.29, 0.717) is 0 Å². The number of likely N-dealkylation sites (N-methyl/N-ethyl adjacent to an activating group) is 1. The Morgan fingerprint density at radius 1 is 1.33 bits per heavy atom. The van der Waals surface area contributed by atoms with E-state index in [1.807, 2.05) is 43.4 Å². The molecule has 0 amide bonds. The number of carbonyl (C=O) groups excluding carboxylic acids is 1. The van der Waals surface area contributed by atoms with Crippen LogP contribution in [0.3, 0.4) is 0 Å². The van der Waals surface area contributed by atoms with Crippen LogP contribution >= 0.6 is 11.3 Å². The van der Waals surface area contributed by atoms with Gasteiger partial charge in [-0.25, -0.2) is 0 Å². The highest BCUT2D eigenvalue weighted by Crippen LogP contribution is 2.30. The standard InChI is InChI=1S/C15H19NOS/c1-5-15(2,16(3)4)14(17)12-8-6-7-11-9-10-18-13(11)12/h6-10H,5H2,1-4H3. The summed E-state index contributed by atoms with van der Waals surface area (Å²) in [6.07, 6.45) is 0.806. The fraction of sp³-hybridized carbons (Fsp3) is 0.400. The van der Waals surface area contributed by atoms with Gasteiger partial charge in [0.25, 0.3) is 0 Å². The van der Waals surface area contributed by atoms with E-state index in [-0.39, 0.29) is 5.78 Å². The van der Waals surface area contributed by atoms with Gasteiger partial charge in [-0.05, 0) is 50.3 Å². The average Bonchev–Trinajstić information content (AvgIpc) is 2.84. The largest absolute Gasteiger partial charge is 0.297 e. The molecule has 0 fully saturated rings. The van der Waals surface area contributed by atoms with Gasteiger partial charge in [0.05, 0.1) is 5.54 Å². The summed E-state index contributed by atoms with van der Waals surface area (Å²) in [6.45, 7) is 4.08. The Morgan fingerprint density at radius 2 is 2.06 bits per heavy atom. The monoisotopic (exact) mass is 261 g/mol. The van der Waals surface area contributed by atoms with Crippen LogP contribution in [0.4, 0.5) is 0 Å². The molecule has 1 atom stereocenters. The molecule has 1 aromatic carbocycles. The van der Waals surface area contributed by atoms with Gasteiger partial charge in [0.15, 0.2) is 5.78 Å². The first-order chi connectivity index (χ1) is 8.50. The number of carbonyl (C=O) groups is 1. The van der Waals surface area contributed by atoms with Crippen LogP contribution in [0.2, 0.25) is 0 Å². The highest BCUT2D eigenvalue weighted by atomic mass is 32.1. The van der Waals surface area contributed by atoms with Gasteiger partial charge in [-0.2, -0.15) is 0 Å². The maximum Gasteiger partial charge on any atom is 0.184 e. The summed E-state index contributed by atoms with van der Waals surface area (Å²) in [6, 6.07) is 8.03. The van der Waals surface area contributed by atoms with Crippen molar-refractivity contribution in [3.8, 4) is 0 Å². The molecule has 0 N–H and O–H groups in total. The van der Waals surface area contributed by atoms with Gasteiger partial charge in [0.2, 0.25) is 0 Å². The topological polar surface area (TPSA) is 20.3 Å². The predicted octanol–water partition coefficient (Wildman–Crippen LogP) is 3.81. The maximum atomic E-state index is 12.8. The molecule has 1 aromatic heterocycles. The van der Waals surface area contributed by atoms with Gasteiger partial charge in [0.1, 0.15) is 0 Å². The zero-order valence-electron chi connectivity index (χ0n) is 11.4. The van der Waals surface area contributed by atoms with Crippen molar-refractivity contribution >= 4 is 27.2 Å². The molecule has 1 unspecified atom stereocenters. The van der Waals surface area contributed by atoms with Gasteiger partial charge in [-0.15, -0.1) is 11.3 Å². The van der Waals surface area contributed by atoms with E-state index in [1.165, 1.54) is 0 Å². The normalized spacial score (nSPS) is 14.9. The van der Waals surface area contributed by atoms with Crippen LogP contribution in [-0.2, 0) is 0 Å². The summed E-state index contributed by atoms with van der Waals surface area (Å²) in [7, 11) is 3.94. The molecule has 18 heavy (non-hydrogen) atoms. The fourth-order valence-corrected chi connectivity index (χ4v) is 3.05. The minimum Gasteiger partial charge on any atom is -0.297 e. The van der Waals surface area contributed by atoms with Crippen molar-refractivity contribution in [3.63, 3.8) is 0 Å². The minimum atomic E-state index is -0.432. The first-order valence-corrected chi connectivity index (χ1v) is 7.07. The van der Waals surface area contributed by atoms with Gasteiger partial charge in [-0.3, -0.25) is 9.69 Å². The van der Waals surface area contributed by atoms with Crippen LogP contribution in [-0.4, -0.2) is 30.3 Å². The quantitative estimate of drug-likeness (QED) is 0.780. The van der Waals surface area contributed by atoms with Gasteiger partial charge in [-0.1, -0.05) is 19.1 Å². The highest BCUT2D eigenvalue weighted by molar-refractivity contribution is 7.17. The van der Waals surface area contributed by atoms with Crippen molar-refractivity contribution in [2.75, 3.05) is 14.1 Å². The lowest BCUT2D eigenvalue weighted by molar-refractivity contribution is 0.0712. The third-order valence-electron chi connectivity index (χ3n) is 3.89. The number of hydrogen-bond acceptors (Lipinski definition) is 3. The summed E-state index contributed by atoms with van der Waals surface area (Å²) in [5.41, 5.74) is 0.415. The Hall–Kier alpha value is -1.19. The lowest BCUT2D eigenvalue weighted by Gasteiger charge is -2.34. The molecular weight excluding hydrogens is 242 g/mol. The van der Waals surface area contributed by atoms with E-state index >= 15 is 0 Å². The molecule has 0 saturated carbocycles. The van der Waals surface area contributed by atoms with Gasteiger partial charge < -0.3 is 0 Å². The van der Waals surface area contributed by atoms with Crippen molar-refractivity contribution < 1.29 is 4.79 Å². The molecule has 0 radical (unpaired) electrons. The first-order valence-electron chi connectivity index (χ1n) is 6.19.